The Hall–Kier alpha value is -2.30. The van der Waals surface area contributed by atoms with Crippen molar-refractivity contribution in [3.8, 4) is 5.75 Å². The van der Waals surface area contributed by atoms with Crippen LogP contribution in [-0.2, 0) is 9.59 Å². The number of rotatable bonds is 3. The zero-order valence-corrected chi connectivity index (χ0v) is 12.6. The van der Waals surface area contributed by atoms with Gasteiger partial charge in [0, 0.05) is 5.02 Å². The smallest absolute Gasteiger partial charge is 0.302 e. The molecule has 0 fully saturated rings. The number of carbonyl (C=O) groups excluding carboxylic acids is 2. The van der Waals surface area contributed by atoms with Gasteiger partial charge in [0.2, 0.25) is 5.76 Å². The Morgan fingerprint density at radius 1 is 0.864 bits per heavy atom. The summed E-state index contributed by atoms with van der Waals surface area (Å²) in [6.45, 7) is 0. The fourth-order valence-electron chi connectivity index (χ4n) is 2.03. The number of nitrogens with zero attached hydrogens (tertiary/aromatic N) is 1. The van der Waals surface area contributed by atoms with Gasteiger partial charge in [0.1, 0.15) is 5.75 Å². The van der Waals surface area contributed by atoms with Crippen LogP contribution in [0, 0.1) is 0 Å². The van der Waals surface area contributed by atoms with Crippen LogP contribution >= 0.6 is 23.2 Å². The second-order valence-electron chi connectivity index (χ2n) is 4.48. The van der Waals surface area contributed by atoms with E-state index in [4.69, 9.17) is 27.9 Å². The van der Waals surface area contributed by atoms with Crippen molar-refractivity contribution < 1.29 is 14.3 Å². The molecule has 3 rings (SSSR count). The number of carbonyl (C=O) groups is 2. The second kappa shape index (κ2) is 5.83. The van der Waals surface area contributed by atoms with Crippen molar-refractivity contribution in [1.82, 2.24) is 0 Å². The predicted octanol–water partition coefficient (Wildman–Crippen LogP) is 3.74. The maximum Gasteiger partial charge on any atom is 0.302 e. The Kier molecular flexibility index (Phi) is 3.88. The van der Waals surface area contributed by atoms with Crippen molar-refractivity contribution in [3.05, 3.63) is 70.4 Å². The minimum atomic E-state index is -0.616. The van der Waals surface area contributed by atoms with Crippen molar-refractivity contribution in [3.63, 3.8) is 0 Å². The van der Waals surface area contributed by atoms with Crippen molar-refractivity contribution in [1.29, 1.82) is 0 Å². The van der Waals surface area contributed by atoms with Crippen LogP contribution in [0.15, 0.2) is 65.4 Å². The van der Waals surface area contributed by atoms with Gasteiger partial charge in [0.05, 0.1) is 5.69 Å². The molecule has 2 aromatic carbocycles. The molecular weight excluding hydrogens is 325 g/mol. The Labute approximate surface area is 136 Å². The van der Waals surface area contributed by atoms with Crippen LogP contribution in [0.3, 0.4) is 0 Å². The minimum absolute atomic E-state index is 0.210. The first-order valence-electron chi connectivity index (χ1n) is 6.35. The second-order valence-corrected chi connectivity index (χ2v) is 5.30. The van der Waals surface area contributed by atoms with E-state index >= 15 is 0 Å². The van der Waals surface area contributed by atoms with Gasteiger partial charge in [-0.3, -0.25) is 9.59 Å². The van der Waals surface area contributed by atoms with Crippen LogP contribution in [0.4, 0.5) is 5.69 Å². The maximum absolute atomic E-state index is 12.4. The van der Waals surface area contributed by atoms with Gasteiger partial charge < -0.3 is 4.74 Å². The van der Waals surface area contributed by atoms with Crippen LogP contribution in [-0.4, -0.2) is 11.8 Å². The van der Waals surface area contributed by atoms with Gasteiger partial charge in [0.15, 0.2) is 5.03 Å². The molecule has 0 N–H and O–H groups in total. The Balaban J connectivity index is 1.92. The van der Waals surface area contributed by atoms with E-state index < -0.39 is 11.8 Å². The molecule has 22 heavy (non-hydrogen) atoms. The molecule has 0 saturated heterocycles. The molecule has 0 aliphatic carbocycles. The molecule has 1 aliphatic rings. The summed E-state index contributed by atoms with van der Waals surface area (Å²) in [5.74, 6) is -1.11. The number of anilines is 1. The van der Waals surface area contributed by atoms with E-state index in [1.165, 1.54) is 6.07 Å². The number of hydrogen-bond acceptors (Lipinski definition) is 3. The van der Waals surface area contributed by atoms with E-state index in [-0.39, 0.29) is 10.8 Å². The molecule has 0 atom stereocenters. The van der Waals surface area contributed by atoms with Gasteiger partial charge in [-0.05, 0) is 30.3 Å². The molecule has 6 heteroatoms. The number of halogens is 2. The van der Waals surface area contributed by atoms with Gasteiger partial charge in [-0.2, -0.15) is 0 Å². The zero-order chi connectivity index (χ0) is 15.7. The van der Waals surface area contributed by atoms with Crippen LogP contribution in [0.1, 0.15) is 0 Å². The highest BCUT2D eigenvalue weighted by molar-refractivity contribution is 6.52. The molecule has 1 heterocycles. The monoisotopic (exact) mass is 333 g/mol. The van der Waals surface area contributed by atoms with Crippen LogP contribution < -0.4 is 9.64 Å². The molecular formula is C16H9Cl2NO3. The third-order valence-electron chi connectivity index (χ3n) is 3.02. The standard InChI is InChI=1S/C16H9Cl2NO3/c17-10-5-4-8-12(9-10)22-14-13(18)15(20)19(16(14)21)11-6-2-1-3-7-11/h1-9H. The molecule has 0 radical (unpaired) electrons. The van der Waals surface area contributed by atoms with Crippen LogP contribution in [0.25, 0.3) is 0 Å². The molecule has 2 amide bonds. The molecule has 110 valence electrons. The molecule has 0 spiro atoms. The van der Waals surface area contributed by atoms with E-state index in [9.17, 15) is 9.59 Å². The van der Waals surface area contributed by atoms with E-state index in [1.807, 2.05) is 0 Å². The number of hydrogen-bond donors (Lipinski definition) is 0. The number of benzene rings is 2. The van der Waals surface area contributed by atoms with Gasteiger partial charge in [-0.15, -0.1) is 0 Å². The summed E-state index contributed by atoms with van der Waals surface area (Å²) in [5.41, 5.74) is 0.431. The van der Waals surface area contributed by atoms with E-state index in [1.54, 1.807) is 48.5 Å². The predicted molar refractivity (Wildman–Crippen MR) is 83.9 cm³/mol. The van der Waals surface area contributed by atoms with Gasteiger partial charge >= 0.3 is 5.91 Å². The van der Waals surface area contributed by atoms with Crippen LogP contribution in [0.5, 0.6) is 5.75 Å². The highest BCUT2D eigenvalue weighted by Gasteiger charge is 2.40. The topological polar surface area (TPSA) is 46.6 Å². The summed E-state index contributed by atoms with van der Waals surface area (Å²) >= 11 is 11.8. The average Bonchev–Trinajstić information content (AvgIpc) is 2.72. The van der Waals surface area contributed by atoms with E-state index in [2.05, 4.69) is 0 Å². The van der Waals surface area contributed by atoms with Gasteiger partial charge in [-0.1, -0.05) is 47.5 Å². The summed E-state index contributed by atoms with van der Waals surface area (Å²) in [4.78, 5) is 25.6. The van der Waals surface area contributed by atoms with Crippen LogP contribution in [0.2, 0.25) is 5.02 Å². The van der Waals surface area contributed by atoms with Crippen molar-refractivity contribution >= 4 is 40.7 Å². The first kappa shape index (κ1) is 14.6. The third-order valence-corrected chi connectivity index (χ3v) is 3.59. The zero-order valence-electron chi connectivity index (χ0n) is 11.1. The Bertz CT molecular complexity index is 787. The van der Waals surface area contributed by atoms with E-state index in [0.717, 1.165) is 4.90 Å². The molecule has 0 unspecified atom stereocenters. The summed E-state index contributed by atoms with van der Waals surface area (Å²) in [7, 11) is 0. The molecule has 2 aromatic rings. The molecule has 4 nitrogen and oxygen atoms in total. The Morgan fingerprint density at radius 3 is 2.27 bits per heavy atom. The fraction of sp³-hybridized carbons (Fsp3) is 0. The first-order chi connectivity index (χ1) is 10.6. The van der Waals surface area contributed by atoms with Crippen molar-refractivity contribution in [2.24, 2.45) is 0 Å². The number of amides is 2. The average molecular weight is 334 g/mol. The summed E-state index contributed by atoms with van der Waals surface area (Å²) in [6, 6.07) is 15.0. The van der Waals surface area contributed by atoms with Gasteiger partial charge in [-0.25, -0.2) is 4.90 Å². The molecule has 0 bridgehead atoms. The number of ether oxygens (including phenoxy) is 1. The summed E-state index contributed by atoms with van der Waals surface area (Å²) in [6.07, 6.45) is 0. The Morgan fingerprint density at radius 2 is 1.59 bits per heavy atom. The quantitative estimate of drug-likeness (QED) is 0.804. The largest absolute Gasteiger partial charge is 0.450 e. The number of imide groups is 1. The molecule has 1 aliphatic heterocycles. The van der Waals surface area contributed by atoms with Crippen molar-refractivity contribution in [2.45, 2.75) is 0 Å². The first-order valence-corrected chi connectivity index (χ1v) is 7.10. The summed E-state index contributed by atoms with van der Waals surface area (Å²) < 4.78 is 5.45. The van der Waals surface area contributed by atoms with Gasteiger partial charge in [0.25, 0.3) is 5.91 Å². The number of para-hydroxylation sites is 1. The lowest BCUT2D eigenvalue weighted by Gasteiger charge is -2.14. The molecule has 0 aromatic heterocycles. The lowest BCUT2D eigenvalue weighted by Crippen LogP contribution is -2.31. The highest BCUT2D eigenvalue weighted by Crippen LogP contribution is 2.31. The maximum atomic E-state index is 12.4. The normalized spacial score (nSPS) is 14.7. The minimum Gasteiger partial charge on any atom is -0.450 e. The highest BCUT2D eigenvalue weighted by atomic mass is 35.5. The van der Waals surface area contributed by atoms with E-state index in [0.29, 0.717) is 16.5 Å². The lowest BCUT2D eigenvalue weighted by molar-refractivity contribution is -0.121. The fourth-order valence-corrected chi connectivity index (χ4v) is 2.42. The third kappa shape index (κ3) is 2.58. The molecule has 0 saturated carbocycles. The lowest BCUT2D eigenvalue weighted by atomic mass is 10.3. The SMILES string of the molecule is O=C1C(Cl)=C(Oc2cccc(Cl)c2)C(=O)N1c1ccccc1. The van der Waals surface area contributed by atoms with Crippen molar-refractivity contribution in [2.75, 3.05) is 4.90 Å². The summed E-state index contributed by atoms with van der Waals surface area (Å²) in [5, 5.41) is 0.194.